The normalized spacial score (nSPS) is 12.9. The molecule has 74 heteroatoms. The number of hydrogen-bond donors (Lipinski definition) is 18. The Hall–Kier alpha value is -2.67. The molecular formula is C58H36Cl4CoF4N20Na9O28S8+9. The van der Waals surface area contributed by atoms with Crippen LogP contribution in [0.25, 0.3) is 12.2 Å². The number of benzene rings is 6. The van der Waals surface area contributed by atoms with Gasteiger partial charge in [-0.2, -0.15) is 145 Å². The van der Waals surface area contributed by atoms with Crippen molar-refractivity contribution < 1.29 is 424 Å². The average molecular weight is 2200 g/mol. The molecule has 4 aromatic heterocycles. The molecule has 0 unspecified atom stereocenters. The number of phenols is 2. The molecule has 12 rings (SSSR count). The molecule has 0 amide bonds. The maximum atomic E-state index is 14.0. The van der Waals surface area contributed by atoms with E-state index in [4.69, 9.17) is 46.4 Å². The molecule has 6 aromatic carbocycles. The second-order valence-electron chi connectivity index (χ2n) is 23.4. The van der Waals surface area contributed by atoms with Crippen molar-refractivity contribution in [2.75, 3.05) is 42.8 Å². The Kier molecular flexibility index (Phi) is 48.5. The van der Waals surface area contributed by atoms with Crippen LogP contribution >= 0.6 is 46.4 Å². The maximum Gasteiger partial charge on any atom is 1.00 e. The number of rotatable bonds is 24. The topological polar surface area (TPSA) is 759 Å². The largest absolute Gasteiger partial charge is 1.00 e. The Morgan fingerprint density at radius 3 is 0.886 bits per heavy atom. The summed E-state index contributed by atoms with van der Waals surface area (Å²) in [6.45, 7) is 0. The van der Waals surface area contributed by atoms with E-state index >= 15 is 0 Å². The van der Waals surface area contributed by atoms with Gasteiger partial charge in [0.25, 0.3) is 80.9 Å². The summed E-state index contributed by atoms with van der Waals surface area (Å²) in [4.78, 5) is 55.6. The minimum Gasteiger partial charge on any atom is -0.506 e. The van der Waals surface area contributed by atoms with Crippen LogP contribution in [0.2, 0.25) is 20.6 Å². The molecule has 0 saturated heterocycles. The van der Waals surface area contributed by atoms with Crippen molar-refractivity contribution in [3.05, 3.63) is 174 Å². The molecule has 18 N–H and O–H groups in total. The number of halogens is 8. The van der Waals surface area contributed by atoms with Gasteiger partial charge in [-0.15, -0.1) is 0 Å². The Morgan fingerprint density at radius 1 is 0.318 bits per heavy atom. The summed E-state index contributed by atoms with van der Waals surface area (Å²) in [6.07, 6.45) is -1.96. The van der Waals surface area contributed by atoms with Crippen molar-refractivity contribution in [1.29, 1.82) is 0 Å². The van der Waals surface area contributed by atoms with E-state index in [0.717, 1.165) is 60.7 Å². The van der Waals surface area contributed by atoms with E-state index in [9.17, 15) is 141 Å². The number of hydrazone groups is 2. The predicted octanol–water partition coefficient (Wildman–Crippen LogP) is -19.3. The van der Waals surface area contributed by atoms with Crippen molar-refractivity contribution in [2.45, 2.75) is 29.4 Å². The number of carbonyl (C=O) groups excluding carboxylic acids is 2. The van der Waals surface area contributed by atoms with Crippen molar-refractivity contribution in [3.63, 3.8) is 0 Å². The van der Waals surface area contributed by atoms with Crippen LogP contribution < -0.4 is 309 Å². The predicted molar refractivity (Wildman–Crippen MR) is 414 cm³/mol. The molecule has 0 saturated carbocycles. The van der Waals surface area contributed by atoms with E-state index in [1.807, 2.05) is 10.9 Å². The number of fused-ring (bicyclic) bond motifs is 2. The van der Waals surface area contributed by atoms with E-state index in [1.165, 1.54) is 0 Å². The first kappa shape index (κ1) is 127. The number of anilines is 14. The van der Waals surface area contributed by atoms with Crippen LogP contribution in [0.15, 0.2) is 146 Å². The fourth-order valence-electron chi connectivity index (χ4n) is 10.2. The third-order valence-corrected chi connectivity index (χ3v) is 23.2. The molecule has 132 heavy (non-hydrogen) atoms. The number of phenolic OH excluding ortho intramolecular Hbond substituents is 2. The SMILES string of the molecule is O=C1/C(=N/Nc2cc(S(=O)(=O)O)ccc2O)C(S(=O)(=O)O)=Cc2cc(S(=O)(=O)O)cc(Nc3nc(Cl)nc(Nc4cc(Nc5nc(F)nc(F)c5Cl)ccc4S(=O)(=O)O)n3)c21.O=C1/C(=N/Nc2cc(S(=O)(=O)O)ccc2O)C(S(=O)(=O)O)=Cc2cc(S(=O)(=O)O)cc(Nc3nc(Cl)nc(Nc4cc(Nc5nc(F)nc(F)c5Cl)ccc4S(=O)(=O)O)n3)c21.[Co].[Na+].[Na+].[Na+].[Na+].[Na+].[Na+].[Na+].[Na+].[Na+]. The minimum absolute atomic E-state index is 0. The number of Topliss-reactive ketones (excluding diaryl/α,β-unsaturated/α-hetero) is 2. The fourth-order valence-corrected chi connectivity index (χ4v) is 15.5. The van der Waals surface area contributed by atoms with Gasteiger partial charge >= 0.3 is 278 Å². The number of allylic oxidation sites excluding steroid dienone is 2. The van der Waals surface area contributed by atoms with Gasteiger partial charge < -0.3 is 42.1 Å². The molecule has 0 aliphatic heterocycles. The molecular weight excluding hydrogens is 2160 g/mol. The van der Waals surface area contributed by atoms with Crippen molar-refractivity contribution in [1.82, 2.24) is 49.8 Å². The standard InChI is InChI=1S/2C29H18Cl2F2N10O14S4.Co.9Na/c2*30-21-24(32)37-27(33)38-25(21)34-11-1-4-18(60(52,53)54)15(7-11)35-28-39-26(31)40-29(41-28)36-16-9-13(59(49,50)51)5-10-6-19(61(55,56)57)22(23(45)20(10)16)43-42-14-8-12(58(46,47)48)2-3-17(14)44;;;;;;;;;;/h2*1-9,42,44H,(H,34,37,38)(H,46,47,48)(H,49,50,51)(H,52,53,54)(H,55,56,57)(H2,35,36,39,40,41);;;;;;;;;;/q;;;9*+1/b2*43-22+;;;;;;;;;;. The van der Waals surface area contributed by atoms with Gasteiger partial charge in [0.2, 0.25) is 57.8 Å². The average Bonchev–Trinajstić information content (AvgIpc) is 0.747. The van der Waals surface area contributed by atoms with Crippen LogP contribution in [-0.4, -0.2) is 187 Å². The molecule has 4 heterocycles. The molecule has 2 aliphatic rings. The molecule has 48 nitrogen and oxygen atoms in total. The van der Waals surface area contributed by atoms with Gasteiger partial charge in [-0.3, -0.25) is 56.9 Å². The van der Waals surface area contributed by atoms with E-state index in [2.05, 4.69) is 91.9 Å². The molecule has 0 spiro atoms. The Labute approximate surface area is 969 Å². The van der Waals surface area contributed by atoms with Crippen LogP contribution in [0, 0.1) is 24.1 Å². The summed E-state index contributed by atoms with van der Waals surface area (Å²) in [6, 6.07) is 12.4. The Balaban J connectivity index is 0.00000123. The molecule has 0 atom stereocenters. The Bertz CT molecular complexity index is 7000. The van der Waals surface area contributed by atoms with Gasteiger partial charge in [0, 0.05) is 28.2 Å². The summed E-state index contributed by atoms with van der Waals surface area (Å²) < 4.78 is 328. The van der Waals surface area contributed by atoms with Crippen molar-refractivity contribution in [3.8, 4) is 11.5 Å². The zero-order valence-corrected chi connectivity index (χ0v) is 95.8. The first-order valence-corrected chi connectivity index (χ1v) is 43.9. The third kappa shape index (κ3) is 32.2. The fraction of sp³-hybridized carbons (Fsp3) is 0. The minimum atomic E-state index is -5.43. The maximum absolute atomic E-state index is 14.0. The van der Waals surface area contributed by atoms with E-state index in [0.29, 0.717) is 48.6 Å². The van der Waals surface area contributed by atoms with Gasteiger partial charge in [-0.25, -0.2) is 0 Å². The summed E-state index contributed by atoms with van der Waals surface area (Å²) in [5.74, 6) is -11.1. The third-order valence-electron chi connectivity index (χ3n) is 15.3. The first-order valence-electron chi connectivity index (χ1n) is 30.9. The van der Waals surface area contributed by atoms with Crippen molar-refractivity contribution in [2.24, 2.45) is 10.2 Å². The number of nitrogens with zero attached hydrogens (tertiary/aromatic N) is 12. The Morgan fingerprint density at radius 2 is 0.606 bits per heavy atom. The van der Waals surface area contributed by atoms with E-state index in [-0.39, 0.29) is 294 Å². The number of aromatic hydroxyl groups is 2. The second-order valence-corrected chi connectivity index (χ2v) is 36.1. The zero-order chi connectivity index (χ0) is 90.0. The molecule has 0 bridgehead atoms. The molecule has 0 fully saturated rings. The number of ketones is 2. The quantitative estimate of drug-likeness (QED) is 0.00508. The monoisotopic (exact) mass is 2200 g/mol. The van der Waals surface area contributed by atoms with Crippen LogP contribution in [0.1, 0.15) is 31.8 Å². The van der Waals surface area contributed by atoms with Gasteiger partial charge in [-0.05, 0) is 144 Å². The summed E-state index contributed by atoms with van der Waals surface area (Å²) in [5.41, 5.74) is -4.71. The summed E-state index contributed by atoms with van der Waals surface area (Å²) in [5, 5.41) is 39.2. The van der Waals surface area contributed by atoms with Crippen LogP contribution in [0.4, 0.5) is 98.5 Å². The summed E-state index contributed by atoms with van der Waals surface area (Å²) in [7, 11) is -41.1. The van der Waals surface area contributed by atoms with E-state index in [1.54, 1.807) is 0 Å². The number of nitrogens with one attached hydrogen (secondary N) is 8. The van der Waals surface area contributed by atoms with Crippen molar-refractivity contribution >= 4 is 243 Å². The van der Waals surface area contributed by atoms with Crippen LogP contribution in [-0.2, 0) is 97.7 Å². The number of hydrogen-bond acceptors (Lipinski definition) is 40. The second kappa shape index (κ2) is 50.3. The van der Waals surface area contributed by atoms with Gasteiger partial charge in [0.15, 0.2) is 23.1 Å². The first-order chi connectivity index (χ1) is 56.4. The van der Waals surface area contributed by atoms with E-state index < -0.39 is 291 Å². The van der Waals surface area contributed by atoms with Gasteiger partial charge in [-0.1, -0.05) is 23.2 Å². The molecule has 2 aliphatic carbocycles. The smallest absolute Gasteiger partial charge is 0.506 e. The zero-order valence-electron chi connectivity index (χ0n) is 67.2. The van der Waals surface area contributed by atoms with Crippen LogP contribution in [0.5, 0.6) is 11.5 Å². The molecule has 10 aromatic rings. The van der Waals surface area contributed by atoms with Gasteiger partial charge in [0.1, 0.15) is 41.1 Å². The molecule has 1 radical (unpaired) electrons. The van der Waals surface area contributed by atoms with Crippen LogP contribution in [0.3, 0.4) is 0 Å². The number of aromatic nitrogens is 10. The van der Waals surface area contributed by atoms with Gasteiger partial charge in [0.05, 0.1) is 64.8 Å². The summed E-state index contributed by atoms with van der Waals surface area (Å²) >= 11 is 23.8. The molecule has 649 valence electrons. The number of carbonyl (C=O) groups is 2.